The number of aryl methyl sites for hydroxylation is 3. The van der Waals surface area contributed by atoms with Crippen LogP contribution in [0.4, 0.5) is 4.79 Å². The van der Waals surface area contributed by atoms with Gasteiger partial charge >= 0.3 is 6.03 Å². The lowest BCUT2D eigenvalue weighted by Gasteiger charge is -2.35. The van der Waals surface area contributed by atoms with Crippen LogP contribution in [-0.2, 0) is 13.1 Å². The Bertz CT molecular complexity index is 839. The summed E-state index contributed by atoms with van der Waals surface area (Å²) in [6, 6.07) is 1.76. The molecule has 1 fully saturated rings. The van der Waals surface area contributed by atoms with E-state index in [9.17, 15) is 9.59 Å². The molecule has 7 heteroatoms. The third-order valence-corrected chi connectivity index (χ3v) is 5.06. The fraction of sp³-hybridized carbons (Fsp3) is 0.526. The number of carbonyl (C=O) groups excluding carboxylic acids is 1. The van der Waals surface area contributed by atoms with E-state index in [1.54, 1.807) is 6.20 Å². The van der Waals surface area contributed by atoms with Crippen LogP contribution in [0.1, 0.15) is 54.9 Å². The Morgan fingerprint density at radius 1 is 1.38 bits per heavy atom. The van der Waals surface area contributed by atoms with E-state index in [2.05, 4.69) is 26.8 Å². The van der Waals surface area contributed by atoms with Crippen LogP contribution in [0.2, 0.25) is 0 Å². The molecule has 0 saturated carbocycles. The molecule has 0 spiro atoms. The Balaban J connectivity index is 1.75. The highest BCUT2D eigenvalue weighted by Gasteiger charge is 2.30. The van der Waals surface area contributed by atoms with E-state index in [0.29, 0.717) is 12.1 Å². The molecule has 0 unspecified atom stereocenters. The van der Waals surface area contributed by atoms with Gasteiger partial charge in [0.1, 0.15) is 5.82 Å². The topological polar surface area (TPSA) is 83.0 Å². The van der Waals surface area contributed by atoms with Crippen molar-refractivity contribution >= 4 is 6.03 Å². The van der Waals surface area contributed by atoms with Gasteiger partial charge < -0.3 is 19.8 Å². The summed E-state index contributed by atoms with van der Waals surface area (Å²) in [4.78, 5) is 34.1. The second kappa shape index (κ2) is 7.76. The average Bonchev–Trinajstić information content (AvgIpc) is 3.09. The Morgan fingerprint density at radius 3 is 2.92 bits per heavy atom. The third kappa shape index (κ3) is 3.66. The standard InChI is InChI=1S/C19H27N5O2/c1-4-23-10-8-20-17(23)16-7-5-6-9-24(16)19(26)21-12-15-13(2)11-14(3)22-18(15)25/h8,10-11,16H,4-7,9,12H2,1-3H3,(H,21,26)(H,22,25)/t16-/m1/s1. The SMILES string of the molecule is CCn1ccnc1[C@H]1CCCCN1C(=O)NCc1c(C)cc(C)[nH]c1=O. The number of pyridine rings is 1. The first kappa shape index (κ1) is 18.2. The zero-order chi connectivity index (χ0) is 18.7. The van der Waals surface area contributed by atoms with Crippen molar-refractivity contribution in [2.45, 2.75) is 59.2 Å². The average molecular weight is 357 g/mol. The first-order valence-electron chi connectivity index (χ1n) is 9.26. The summed E-state index contributed by atoms with van der Waals surface area (Å²) in [5.41, 5.74) is 2.18. The highest BCUT2D eigenvalue weighted by atomic mass is 16.2. The van der Waals surface area contributed by atoms with Crippen molar-refractivity contribution in [3.8, 4) is 0 Å². The summed E-state index contributed by atoms with van der Waals surface area (Å²) in [5.74, 6) is 0.937. The molecule has 2 N–H and O–H groups in total. The number of rotatable bonds is 4. The summed E-state index contributed by atoms with van der Waals surface area (Å²) in [6.07, 6.45) is 6.73. The number of piperidine rings is 1. The van der Waals surface area contributed by atoms with Gasteiger partial charge in [0.2, 0.25) is 0 Å². The molecule has 140 valence electrons. The van der Waals surface area contributed by atoms with Gasteiger partial charge in [-0.05, 0) is 51.7 Å². The van der Waals surface area contributed by atoms with Crippen molar-refractivity contribution in [3.63, 3.8) is 0 Å². The number of aromatic nitrogens is 3. The van der Waals surface area contributed by atoms with E-state index >= 15 is 0 Å². The van der Waals surface area contributed by atoms with Crippen LogP contribution in [0.25, 0.3) is 0 Å². The van der Waals surface area contributed by atoms with Gasteiger partial charge in [-0.1, -0.05) is 0 Å². The number of likely N-dealkylation sites (tertiary alicyclic amines) is 1. The molecule has 2 aromatic rings. The lowest BCUT2D eigenvalue weighted by atomic mass is 10.0. The maximum atomic E-state index is 12.8. The minimum atomic E-state index is -0.139. The van der Waals surface area contributed by atoms with E-state index in [1.807, 2.05) is 31.0 Å². The number of aromatic amines is 1. The quantitative estimate of drug-likeness (QED) is 0.882. The van der Waals surface area contributed by atoms with Crippen LogP contribution >= 0.6 is 0 Å². The molecule has 3 heterocycles. The number of imidazole rings is 1. The molecule has 1 aliphatic heterocycles. The van der Waals surface area contributed by atoms with E-state index in [1.165, 1.54) is 0 Å². The lowest BCUT2D eigenvalue weighted by Crippen LogP contribution is -2.45. The maximum absolute atomic E-state index is 12.8. The van der Waals surface area contributed by atoms with Crippen LogP contribution < -0.4 is 10.9 Å². The number of carbonyl (C=O) groups is 1. The van der Waals surface area contributed by atoms with Crippen LogP contribution in [0, 0.1) is 13.8 Å². The molecule has 0 bridgehead atoms. The van der Waals surface area contributed by atoms with Crippen molar-refractivity contribution in [2.24, 2.45) is 0 Å². The molecule has 2 aromatic heterocycles. The molecule has 7 nitrogen and oxygen atoms in total. The monoisotopic (exact) mass is 357 g/mol. The van der Waals surface area contributed by atoms with E-state index in [-0.39, 0.29) is 24.2 Å². The first-order chi connectivity index (χ1) is 12.5. The van der Waals surface area contributed by atoms with Gasteiger partial charge in [-0.2, -0.15) is 0 Å². The zero-order valence-corrected chi connectivity index (χ0v) is 15.7. The minimum absolute atomic E-state index is 0.0175. The summed E-state index contributed by atoms with van der Waals surface area (Å²) in [5, 5.41) is 2.93. The fourth-order valence-electron chi connectivity index (χ4n) is 3.70. The molecule has 1 atom stereocenters. The van der Waals surface area contributed by atoms with E-state index in [4.69, 9.17) is 0 Å². The highest BCUT2D eigenvalue weighted by molar-refractivity contribution is 5.74. The Labute approximate surface area is 153 Å². The maximum Gasteiger partial charge on any atom is 0.318 e. The van der Waals surface area contributed by atoms with Crippen LogP contribution in [0.15, 0.2) is 23.3 Å². The number of urea groups is 1. The molecule has 0 radical (unpaired) electrons. The zero-order valence-electron chi connectivity index (χ0n) is 15.7. The number of nitrogens with one attached hydrogen (secondary N) is 2. The Hall–Kier alpha value is -2.57. The molecule has 1 aliphatic rings. The van der Waals surface area contributed by atoms with Gasteiger partial charge in [-0.3, -0.25) is 4.79 Å². The van der Waals surface area contributed by atoms with E-state index in [0.717, 1.165) is 42.9 Å². The molecular formula is C19H27N5O2. The molecule has 2 amide bonds. The largest absolute Gasteiger partial charge is 0.334 e. The summed E-state index contributed by atoms with van der Waals surface area (Å²) >= 11 is 0. The number of hydrogen-bond donors (Lipinski definition) is 2. The van der Waals surface area contributed by atoms with Crippen molar-refractivity contribution in [1.29, 1.82) is 0 Å². The number of H-pyrrole nitrogens is 1. The van der Waals surface area contributed by atoms with Crippen molar-refractivity contribution in [1.82, 2.24) is 24.8 Å². The van der Waals surface area contributed by atoms with Gasteiger partial charge in [0, 0.05) is 36.7 Å². The molecule has 0 aromatic carbocycles. The molecular weight excluding hydrogens is 330 g/mol. The summed E-state index contributed by atoms with van der Waals surface area (Å²) in [7, 11) is 0. The van der Waals surface area contributed by atoms with Crippen LogP contribution in [0.5, 0.6) is 0 Å². The Kier molecular flexibility index (Phi) is 5.44. The normalized spacial score (nSPS) is 17.3. The highest BCUT2D eigenvalue weighted by Crippen LogP contribution is 2.30. The van der Waals surface area contributed by atoms with Gasteiger partial charge in [0.25, 0.3) is 5.56 Å². The molecule has 26 heavy (non-hydrogen) atoms. The summed E-state index contributed by atoms with van der Waals surface area (Å²) in [6.45, 7) is 7.59. The van der Waals surface area contributed by atoms with Crippen LogP contribution in [-0.4, -0.2) is 32.0 Å². The smallest absolute Gasteiger partial charge is 0.318 e. The van der Waals surface area contributed by atoms with Gasteiger partial charge in [-0.25, -0.2) is 9.78 Å². The number of hydrogen-bond acceptors (Lipinski definition) is 3. The Morgan fingerprint density at radius 2 is 2.19 bits per heavy atom. The fourth-order valence-corrected chi connectivity index (χ4v) is 3.70. The van der Waals surface area contributed by atoms with Gasteiger partial charge in [0.15, 0.2) is 0 Å². The molecule has 3 rings (SSSR count). The third-order valence-electron chi connectivity index (χ3n) is 5.06. The second-order valence-corrected chi connectivity index (χ2v) is 6.88. The number of nitrogens with zero attached hydrogens (tertiary/aromatic N) is 3. The predicted octanol–water partition coefficient (Wildman–Crippen LogP) is 2.64. The minimum Gasteiger partial charge on any atom is -0.334 e. The van der Waals surface area contributed by atoms with Crippen molar-refractivity contribution in [2.75, 3.05) is 6.54 Å². The van der Waals surface area contributed by atoms with E-state index < -0.39 is 0 Å². The van der Waals surface area contributed by atoms with Crippen molar-refractivity contribution < 1.29 is 4.79 Å². The van der Waals surface area contributed by atoms with Gasteiger partial charge in [0.05, 0.1) is 12.6 Å². The van der Waals surface area contributed by atoms with Crippen molar-refractivity contribution in [3.05, 3.63) is 51.5 Å². The predicted molar refractivity (Wildman–Crippen MR) is 100.0 cm³/mol. The first-order valence-corrected chi connectivity index (χ1v) is 9.26. The molecule has 1 saturated heterocycles. The lowest BCUT2D eigenvalue weighted by molar-refractivity contribution is 0.145. The number of amides is 2. The van der Waals surface area contributed by atoms with Gasteiger partial charge in [-0.15, -0.1) is 0 Å². The molecule has 0 aliphatic carbocycles. The summed E-state index contributed by atoms with van der Waals surface area (Å²) < 4.78 is 2.09. The second-order valence-electron chi connectivity index (χ2n) is 6.88. The van der Waals surface area contributed by atoms with Crippen LogP contribution in [0.3, 0.4) is 0 Å².